The first kappa shape index (κ1) is 37.7. The highest BCUT2D eigenvalue weighted by molar-refractivity contribution is 6.10. The zero-order chi connectivity index (χ0) is 39.6. The largest absolute Gasteiger partial charge is 0.485 e. The van der Waals surface area contributed by atoms with Crippen molar-refractivity contribution in [3.05, 3.63) is 232 Å². The standard InChI is InChI=1S/C49H37NO7/c50-49(54)42-28-43(55-30-33-16-22-39(23-17-33)45(51)36-10-4-1-5-11-36)48(57-32-35-20-26-41(27-21-35)47(53)38-14-8-3-9-15-38)44(29-42)56-31-34-18-24-40(25-19-34)46(52)37-12-6-2-7-13-37/h1-29H,30-32H2,(H2,50,54). The zero-order valence-electron chi connectivity index (χ0n) is 30.8. The summed E-state index contributed by atoms with van der Waals surface area (Å²) in [5.74, 6) is -0.310. The Bertz CT molecular complexity index is 2380. The van der Waals surface area contributed by atoms with Crippen LogP contribution in [0.3, 0.4) is 0 Å². The van der Waals surface area contributed by atoms with Crippen LogP contribution in [0.4, 0.5) is 0 Å². The SMILES string of the molecule is NC(=O)c1cc(OCc2ccc(C(=O)c3ccccc3)cc2)c(OCc2ccc(C(=O)c3ccccc3)cc2)c(OCc2ccc(C(=O)c3ccccc3)cc2)c1. The lowest BCUT2D eigenvalue weighted by Gasteiger charge is -2.19. The minimum Gasteiger partial charge on any atom is -0.485 e. The monoisotopic (exact) mass is 751 g/mol. The van der Waals surface area contributed by atoms with Gasteiger partial charge in [0.2, 0.25) is 11.7 Å². The van der Waals surface area contributed by atoms with Crippen molar-refractivity contribution >= 4 is 23.3 Å². The third kappa shape index (κ3) is 9.39. The third-order valence-corrected chi connectivity index (χ3v) is 9.23. The predicted molar refractivity (Wildman–Crippen MR) is 217 cm³/mol. The molecule has 0 aliphatic heterocycles. The molecule has 0 bridgehead atoms. The van der Waals surface area contributed by atoms with E-state index in [1.54, 1.807) is 97.1 Å². The molecule has 0 atom stereocenters. The Morgan fingerprint density at radius 1 is 0.351 bits per heavy atom. The summed E-state index contributed by atoms with van der Waals surface area (Å²) in [7, 11) is 0. The number of nitrogens with two attached hydrogens (primary N) is 1. The van der Waals surface area contributed by atoms with Crippen molar-refractivity contribution in [3.63, 3.8) is 0 Å². The molecular formula is C49H37NO7. The second-order valence-corrected chi connectivity index (χ2v) is 13.2. The summed E-state index contributed by atoms with van der Waals surface area (Å²) in [4.78, 5) is 51.5. The van der Waals surface area contributed by atoms with Gasteiger partial charge in [0, 0.05) is 38.9 Å². The predicted octanol–water partition coefficient (Wildman–Crippen LogP) is 9.22. The molecule has 0 spiro atoms. The van der Waals surface area contributed by atoms with Gasteiger partial charge in [-0.25, -0.2) is 0 Å². The molecular weight excluding hydrogens is 715 g/mol. The van der Waals surface area contributed by atoms with Crippen LogP contribution in [0.5, 0.6) is 17.2 Å². The van der Waals surface area contributed by atoms with Crippen LogP contribution in [0.1, 0.15) is 74.8 Å². The molecule has 8 heteroatoms. The molecule has 0 aliphatic rings. The van der Waals surface area contributed by atoms with Crippen molar-refractivity contribution in [2.75, 3.05) is 0 Å². The van der Waals surface area contributed by atoms with Gasteiger partial charge in [0.1, 0.15) is 19.8 Å². The third-order valence-electron chi connectivity index (χ3n) is 9.23. The lowest BCUT2D eigenvalue weighted by atomic mass is 10.0. The second kappa shape index (κ2) is 17.7. The van der Waals surface area contributed by atoms with Crippen molar-refractivity contribution in [2.45, 2.75) is 19.8 Å². The molecule has 57 heavy (non-hydrogen) atoms. The lowest BCUT2D eigenvalue weighted by molar-refractivity contribution is 0.0995. The van der Waals surface area contributed by atoms with Gasteiger partial charge in [-0.15, -0.1) is 0 Å². The molecule has 7 aromatic carbocycles. The summed E-state index contributed by atoms with van der Waals surface area (Å²) in [5, 5.41) is 0. The number of ketones is 3. The average Bonchev–Trinajstić information content (AvgIpc) is 3.27. The molecule has 0 saturated heterocycles. The maximum atomic E-state index is 13.0. The summed E-state index contributed by atoms with van der Waals surface area (Å²) >= 11 is 0. The van der Waals surface area contributed by atoms with Crippen LogP contribution in [0.15, 0.2) is 176 Å². The van der Waals surface area contributed by atoms with Crippen LogP contribution < -0.4 is 19.9 Å². The summed E-state index contributed by atoms with van der Waals surface area (Å²) < 4.78 is 18.9. The van der Waals surface area contributed by atoms with Gasteiger partial charge in [-0.2, -0.15) is 0 Å². The smallest absolute Gasteiger partial charge is 0.248 e. The molecule has 0 heterocycles. The molecule has 0 saturated carbocycles. The number of rotatable bonds is 16. The number of carbonyl (C=O) groups is 4. The minimum absolute atomic E-state index is 0.0744. The molecule has 0 radical (unpaired) electrons. The van der Waals surface area contributed by atoms with Crippen LogP contribution in [-0.2, 0) is 19.8 Å². The minimum atomic E-state index is -0.692. The van der Waals surface area contributed by atoms with Crippen molar-refractivity contribution in [1.29, 1.82) is 0 Å². The number of hydrogen-bond acceptors (Lipinski definition) is 7. The molecule has 280 valence electrons. The van der Waals surface area contributed by atoms with Gasteiger partial charge >= 0.3 is 0 Å². The van der Waals surface area contributed by atoms with Crippen molar-refractivity contribution in [3.8, 4) is 17.2 Å². The summed E-state index contributed by atoms with van der Waals surface area (Å²) in [6.45, 7) is 0.227. The van der Waals surface area contributed by atoms with Gasteiger partial charge in [0.15, 0.2) is 28.8 Å². The van der Waals surface area contributed by atoms with Crippen molar-refractivity contribution in [1.82, 2.24) is 0 Å². The van der Waals surface area contributed by atoms with E-state index in [9.17, 15) is 19.2 Å². The normalized spacial score (nSPS) is 10.7. The first-order valence-electron chi connectivity index (χ1n) is 18.2. The molecule has 0 unspecified atom stereocenters. The quantitative estimate of drug-likeness (QED) is 0.0978. The fraction of sp³-hybridized carbons (Fsp3) is 0.0612. The van der Waals surface area contributed by atoms with E-state index in [-0.39, 0.29) is 60.0 Å². The van der Waals surface area contributed by atoms with Gasteiger partial charge in [-0.1, -0.05) is 164 Å². The Morgan fingerprint density at radius 2 is 0.632 bits per heavy atom. The maximum Gasteiger partial charge on any atom is 0.248 e. The highest BCUT2D eigenvalue weighted by Crippen LogP contribution is 2.40. The maximum absolute atomic E-state index is 13.0. The van der Waals surface area contributed by atoms with E-state index in [0.717, 1.165) is 16.7 Å². The van der Waals surface area contributed by atoms with E-state index in [1.165, 1.54) is 12.1 Å². The number of primary amides is 1. The summed E-state index contributed by atoms with van der Waals surface area (Å²) in [5.41, 5.74) is 11.6. The number of hydrogen-bond donors (Lipinski definition) is 1. The molecule has 0 fully saturated rings. The average molecular weight is 752 g/mol. The zero-order valence-corrected chi connectivity index (χ0v) is 30.8. The van der Waals surface area contributed by atoms with Crippen LogP contribution in [0.25, 0.3) is 0 Å². The molecule has 7 aromatic rings. The van der Waals surface area contributed by atoms with E-state index in [0.29, 0.717) is 33.4 Å². The Kier molecular flexibility index (Phi) is 11.7. The number of benzene rings is 7. The Labute approximate surface area is 330 Å². The van der Waals surface area contributed by atoms with Crippen molar-refractivity contribution < 1.29 is 33.4 Å². The van der Waals surface area contributed by atoms with Gasteiger partial charge in [0.05, 0.1) is 0 Å². The summed E-state index contributed by atoms with van der Waals surface area (Å²) in [6, 6.07) is 51.4. The molecule has 1 amide bonds. The number of amides is 1. The molecule has 7 rings (SSSR count). The topological polar surface area (TPSA) is 122 Å². The van der Waals surface area contributed by atoms with E-state index in [2.05, 4.69) is 0 Å². The van der Waals surface area contributed by atoms with Crippen LogP contribution in [0.2, 0.25) is 0 Å². The second-order valence-electron chi connectivity index (χ2n) is 13.2. The van der Waals surface area contributed by atoms with Gasteiger partial charge < -0.3 is 19.9 Å². The summed E-state index contributed by atoms with van der Waals surface area (Å²) in [6.07, 6.45) is 0. The first-order valence-corrected chi connectivity index (χ1v) is 18.2. The lowest BCUT2D eigenvalue weighted by Crippen LogP contribution is -2.13. The highest BCUT2D eigenvalue weighted by atomic mass is 16.5. The fourth-order valence-electron chi connectivity index (χ4n) is 6.08. The van der Waals surface area contributed by atoms with E-state index >= 15 is 0 Å². The Morgan fingerprint density at radius 3 is 0.930 bits per heavy atom. The van der Waals surface area contributed by atoms with Gasteiger partial charge in [-0.05, 0) is 28.8 Å². The van der Waals surface area contributed by atoms with E-state index < -0.39 is 5.91 Å². The van der Waals surface area contributed by atoms with E-state index in [4.69, 9.17) is 19.9 Å². The number of carbonyl (C=O) groups excluding carboxylic acids is 4. The van der Waals surface area contributed by atoms with Crippen LogP contribution >= 0.6 is 0 Å². The first-order chi connectivity index (χ1) is 27.8. The molecule has 0 aliphatic carbocycles. The molecule has 8 nitrogen and oxygen atoms in total. The number of ether oxygens (including phenoxy) is 3. The van der Waals surface area contributed by atoms with Crippen LogP contribution in [0, 0.1) is 0 Å². The Hall–Kier alpha value is -7.58. The molecule has 2 N–H and O–H groups in total. The fourth-order valence-corrected chi connectivity index (χ4v) is 6.08. The van der Waals surface area contributed by atoms with Gasteiger partial charge in [-0.3, -0.25) is 19.2 Å². The van der Waals surface area contributed by atoms with Crippen molar-refractivity contribution in [2.24, 2.45) is 5.73 Å². The van der Waals surface area contributed by atoms with E-state index in [1.807, 2.05) is 66.7 Å². The Balaban J connectivity index is 1.13. The van der Waals surface area contributed by atoms with Crippen LogP contribution in [-0.4, -0.2) is 23.3 Å². The van der Waals surface area contributed by atoms with Gasteiger partial charge in [0.25, 0.3) is 0 Å². The molecule has 0 aromatic heterocycles. The highest BCUT2D eigenvalue weighted by Gasteiger charge is 2.20.